The van der Waals surface area contributed by atoms with Crippen LogP contribution in [-0.2, 0) is 6.42 Å². The number of nitrogens with zero attached hydrogens (tertiary/aromatic N) is 2. The lowest BCUT2D eigenvalue weighted by molar-refractivity contribution is 0.153. The minimum Gasteiger partial charge on any atom is -0.304 e. The van der Waals surface area contributed by atoms with Crippen LogP contribution in [0.3, 0.4) is 0 Å². The summed E-state index contributed by atoms with van der Waals surface area (Å²) in [5.74, 6) is 0. The molecule has 0 radical (unpaired) electrons. The molecule has 2 rings (SSSR count). The maximum absolute atomic E-state index is 6.14. The van der Waals surface area contributed by atoms with Gasteiger partial charge in [-0.15, -0.1) is 0 Å². The first-order chi connectivity index (χ1) is 8.65. The number of halogens is 1. The second-order valence-electron chi connectivity index (χ2n) is 5.33. The van der Waals surface area contributed by atoms with Crippen molar-refractivity contribution >= 4 is 11.6 Å². The Balaban J connectivity index is 1.73. The van der Waals surface area contributed by atoms with Crippen molar-refractivity contribution in [3.8, 4) is 0 Å². The predicted octanol–water partition coefficient (Wildman–Crippen LogP) is 2.83. The highest BCUT2D eigenvalue weighted by Gasteiger charge is 2.12. The summed E-state index contributed by atoms with van der Waals surface area (Å²) in [5.41, 5.74) is 2.53. The van der Waals surface area contributed by atoms with Gasteiger partial charge in [0.15, 0.2) is 0 Å². The summed E-state index contributed by atoms with van der Waals surface area (Å²) in [6.07, 6.45) is 2.36. The SMILES string of the molecule is Cc1ccc(CCCN2CCN(C)CC2)cc1Cl. The number of likely N-dealkylation sites (N-methyl/N-ethyl adjacent to an activating group) is 1. The van der Waals surface area contributed by atoms with Crippen molar-refractivity contribution in [1.29, 1.82) is 0 Å². The normalized spacial score (nSPS) is 18.2. The maximum Gasteiger partial charge on any atom is 0.0437 e. The summed E-state index contributed by atoms with van der Waals surface area (Å²) < 4.78 is 0. The number of rotatable bonds is 4. The van der Waals surface area contributed by atoms with Gasteiger partial charge >= 0.3 is 0 Å². The third-order valence-corrected chi connectivity index (χ3v) is 4.18. The number of piperazine rings is 1. The quantitative estimate of drug-likeness (QED) is 0.827. The van der Waals surface area contributed by atoms with Crippen molar-refractivity contribution < 1.29 is 0 Å². The van der Waals surface area contributed by atoms with E-state index in [1.807, 2.05) is 0 Å². The molecule has 0 atom stereocenters. The zero-order valence-corrected chi connectivity index (χ0v) is 12.2. The van der Waals surface area contributed by atoms with E-state index in [2.05, 4.69) is 42.0 Å². The van der Waals surface area contributed by atoms with E-state index in [1.54, 1.807) is 0 Å². The molecule has 0 saturated carbocycles. The van der Waals surface area contributed by atoms with Gasteiger partial charge in [0.05, 0.1) is 0 Å². The third kappa shape index (κ3) is 3.98. The van der Waals surface area contributed by atoms with Crippen LogP contribution in [0.2, 0.25) is 5.02 Å². The number of aryl methyl sites for hydroxylation is 2. The average molecular weight is 267 g/mol. The molecule has 0 unspecified atom stereocenters. The molecule has 2 nitrogen and oxygen atoms in total. The van der Waals surface area contributed by atoms with Crippen LogP contribution in [0, 0.1) is 6.92 Å². The fraction of sp³-hybridized carbons (Fsp3) is 0.600. The van der Waals surface area contributed by atoms with Gasteiger partial charge in [0.2, 0.25) is 0 Å². The molecule has 3 heteroatoms. The van der Waals surface area contributed by atoms with E-state index in [4.69, 9.17) is 11.6 Å². The van der Waals surface area contributed by atoms with Crippen LogP contribution in [-0.4, -0.2) is 49.6 Å². The van der Waals surface area contributed by atoms with Crippen molar-refractivity contribution in [2.75, 3.05) is 39.8 Å². The lowest BCUT2D eigenvalue weighted by Crippen LogP contribution is -2.44. The third-order valence-electron chi connectivity index (χ3n) is 3.77. The summed E-state index contributed by atoms with van der Waals surface area (Å²) >= 11 is 6.14. The first-order valence-corrected chi connectivity index (χ1v) is 7.19. The van der Waals surface area contributed by atoms with Crippen molar-refractivity contribution in [2.45, 2.75) is 19.8 Å². The van der Waals surface area contributed by atoms with Gasteiger partial charge < -0.3 is 9.80 Å². The summed E-state index contributed by atoms with van der Waals surface area (Å²) in [5, 5.41) is 0.895. The van der Waals surface area contributed by atoms with Gasteiger partial charge in [-0.1, -0.05) is 23.7 Å². The molecule has 0 aliphatic carbocycles. The van der Waals surface area contributed by atoms with Gasteiger partial charge in [-0.05, 0) is 50.6 Å². The topological polar surface area (TPSA) is 6.48 Å². The first kappa shape index (κ1) is 13.9. The fourth-order valence-electron chi connectivity index (χ4n) is 2.37. The molecule has 0 amide bonds. The Kier molecular flexibility index (Phi) is 5.04. The largest absolute Gasteiger partial charge is 0.304 e. The average Bonchev–Trinajstić information content (AvgIpc) is 2.36. The van der Waals surface area contributed by atoms with Crippen LogP contribution < -0.4 is 0 Å². The van der Waals surface area contributed by atoms with Crippen LogP contribution in [0.25, 0.3) is 0 Å². The molecule has 1 aromatic carbocycles. The standard InChI is InChI=1S/C15H23ClN2/c1-13-5-6-14(12-15(13)16)4-3-7-18-10-8-17(2)9-11-18/h5-6,12H,3-4,7-11H2,1-2H3. The van der Waals surface area contributed by atoms with Gasteiger partial charge in [0, 0.05) is 31.2 Å². The molecule has 100 valence electrons. The summed E-state index contributed by atoms with van der Waals surface area (Å²) in [6.45, 7) is 8.10. The van der Waals surface area contributed by atoms with Gasteiger partial charge in [-0.25, -0.2) is 0 Å². The minimum absolute atomic E-state index is 0.895. The van der Waals surface area contributed by atoms with E-state index in [0.29, 0.717) is 0 Å². The van der Waals surface area contributed by atoms with Crippen LogP contribution in [0.5, 0.6) is 0 Å². The molecule has 1 heterocycles. The highest BCUT2D eigenvalue weighted by Crippen LogP contribution is 2.17. The van der Waals surface area contributed by atoms with E-state index in [0.717, 1.165) is 11.4 Å². The highest BCUT2D eigenvalue weighted by atomic mass is 35.5. The lowest BCUT2D eigenvalue weighted by atomic mass is 10.1. The summed E-state index contributed by atoms with van der Waals surface area (Å²) in [6, 6.07) is 6.43. The fourth-order valence-corrected chi connectivity index (χ4v) is 2.57. The summed E-state index contributed by atoms with van der Waals surface area (Å²) in [7, 11) is 2.20. The Morgan fingerprint density at radius 3 is 2.56 bits per heavy atom. The van der Waals surface area contributed by atoms with Crippen LogP contribution in [0.4, 0.5) is 0 Å². The van der Waals surface area contributed by atoms with Crippen molar-refractivity contribution in [3.63, 3.8) is 0 Å². The molecule has 1 aromatic rings. The lowest BCUT2D eigenvalue weighted by Gasteiger charge is -2.32. The second-order valence-corrected chi connectivity index (χ2v) is 5.74. The van der Waals surface area contributed by atoms with E-state index in [-0.39, 0.29) is 0 Å². The Morgan fingerprint density at radius 2 is 1.89 bits per heavy atom. The highest BCUT2D eigenvalue weighted by molar-refractivity contribution is 6.31. The van der Waals surface area contributed by atoms with Gasteiger partial charge in [-0.2, -0.15) is 0 Å². The molecular formula is C15H23ClN2. The van der Waals surface area contributed by atoms with E-state index < -0.39 is 0 Å². The molecule has 0 spiro atoms. The molecular weight excluding hydrogens is 244 g/mol. The Hall–Kier alpha value is -0.570. The minimum atomic E-state index is 0.895. The molecule has 1 aliphatic heterocycles. The monoisotopic (exact) mass is 266 g/mol. The van der Waals surface area contributed by atoms with Crippen molar-refractivity contribution in [2.24, 2.45) is 0 Å². The smallest absolute Gasteiger partial charge is 0.0437 e. The molecule has 1 fully saturated rings. The van der Waals surface area contributed by atoms with Gasteiger partial charge in [0.1, 0.15) is 0 Å². The van der Waals surface area contributed by atoms with Gasteiger partial charge in [-0.3, -0.25) is 0 Å². The molecule has 1 saturated heterocycles. The maximum atomic E-state index is 6.14. The Labute approximate surface area is 116 Å². The van der Waals surface area contributed by atoms with E-state index >= 15 is 0 Å². The summed E-state index contributed by atoms with van der Waals surface area (Å²) in [4.78, 5) is 4.96. The second kappa shape index (κ2) is 6.55. The molecule has 18 heavy (non-hydrogen) atoms. The van der Waals surface area contributed by atoms with Crippen LogP contribution >= 0.6 is 11.6 Å². The van der Waals surface area contributed by atoms with E-state index in [9.17, 15) is 0 Å². The predicted molar refractivity (Wildman–Crippen MR) is 78.4 cm³/mol. The number of benzene rings is 1. The van der Waals surface area contributed by atoms with Gasteiger partial charge in [0.25, 0.3) is 0 Å². The van der Waals surface area contributed by atoms with Crippen molar-refractivity contribution in [1.82, 2.24) is 9.80 Å². The van der Waals surface area contributed by atoms with Crippen molar-refractivity contribution in [3.05, 3.63) is 34.3 Å². The van der Waals surface area contributed by atoms with E-state index in [1.165, 1.54) is 50.3 Å². The molecule has 0 aromatic heterocycles. The molecule has 0 N–H and O–H groups in total. The Morgan fingerprint density at radius 1 is 1.17 bits per heavy atom. The molecule has 0 bridgehead atoms. The Bertz CT molecular complexity index is 384. The number of hydrogen-bond acceptors (Lipinski definition) is 2. The van der Waals surface area contributed by atoms with Crippen LogP contribution in [0.1, 0.15) is 17.5 Å². The zero-order valence-electron chi connectivity index (χ0n) is 11.5. The van der Waals surface area contributed by atoms with Crippen LogP contribution in [0.15, 0.2) is 18.2 Å². The first-order valence-electron chi connectivity index (χ1n) is 6.81. The number of hydrogen-bond donors (Lipinski definition) is 0. The zero-order chi connectivity index (χ0) is 13.0. The molecule has 1 aliphatic rings.